The van der Waals surface area contributed by atoms with Gasteiger partial charge in [-0.3, -0.25) is 10.1 Å². The van der Waals surface area contributed by atoms with Crippen LogP contribution >= 0.6 is 0 Å². The fourth-order valence-corrected chi connectivity index (χ4v) is 1.03. The van der Waals surface area contributed by atoms with E-state index < -0.39 is 4.92 Å². The molecule has 3 heteroatoms. The van der Waals surface area contributed by atoms with Crippen molar-refractivity contribution in [2.24, 2.45) is 0 Å². The van der Waals surface area contributed by atoms with E-state index in [4.69, 9.17) is 0 Å². The highest BCUT2D eigenvalue weighted by atomic mass is 16.6. The molecule has 72 valence electrons. The molecule has 1 rings (SSSR count). The Morgan fingerprint density at radius 1 is 1.50 bits per heavy atom. The summed E-state index contributed by atoms with van der Waals surface area (Å²) in [6.45, 7) is 5.53. The number of para-hydroxylation sites is 1. The summed E-state index contributed by atoms with van der Waals surface area (Å²) in [5.41, 5.74) is 1.58. The van der Waals surface area contributed by atoms with Gasteiger partial charge >= 0.3 is 0 Å². The third kappa shape index (κ3) is 2.55. The molecular formula is C11H11NO2. The highest BCUT2D eigenvalue weighted by molar-refractivity contribution is 5.62. The minimum Gasteiger partial charge on any atom is -0.258 e. The zero-order chi connectivity index (χ0) is 10.6. The summed E-state index contributed by atoms with van der Waals surface area (Å²) in [5.74, 6) is 0. The maximum absolute atomic E-state index is 10.6. The van der Waals surface area contributed by atoms with Gasteiger partial charge in [0.05, 0.1) is 10.5 Å². The van der Waals surface area contributed by atoms with Gasteiger partial charge < -0.3 is 0 Å². The Kier molecular flexibility index (Phi) is 3.18. The Balaban J connectivity index is 3.07. The molecule has 0 unspecified atom stereocenters. The third-order valence-corrected chi connectivity index (χ3v) is 1.68. The quantitative estimate of drug-likeness (QED) is 0.416. The Morgan fingerprint density at radius 2 is 2.14 bits per heavy atom. The van der Waals surface area contributed by atoms with Crippen molar-refractivity contribution >= 4 is 11.8 Å². The number of nitrogens with zero attached hydrogens (tertiary/aromatic N) is 1. The Bertz CT molecular complexity index is 394. The van der Waals surface area contributed by atoms with Crippen molar-refractivity contribution < 1.29 is 4.92 Å². The van der Waals surface area contributed by atoms with E-state index in [1.807, 2.05) is 6.92 Å². The van der Waals surface area contributed by atoms with Crippen molar-refractivity contribution in [1.29, 1.82) is 0 Å². The van der Waals surface area contributed by atoms with E-state index in [0.29, 0.717) is 5.56 Å². The van der Waals surface area contributed by atoms with Gasteiger partial charge in [-0.05, 0) is 19.1 Å². The summed E-state index contributed by atoms with van der Waals surface area (Å²) in [5, 5.41) is 10.6. The van der Waals surface area contributed by atoms with Crippen molar-refractivity contribution in [1.82, 2.24) is 0 Å². The van der Waals surface area contributed by atoms with E-state index in [1.54, 1.807) is 30.4 Å². The Morgan fingerprint density at radius 3 is 2.71 bits per heavy atom. The molecule has 0 saturated heterocycles. The average Bonchev–Trinajstić information content (AvgIpc) is 2.15. The molecule has 0 amide bonds. The summed E-state index contributed by atoms with van der Waals surface area (Å²) in [7, 11) is 0. The monoisotopic (exact) mass is 189 g/mol. The zero-order valence-electron chi connectivity index (χ0n) is 7.93. The number of benzene rings is 1. The van der Waals surface area contributed by atoms with Crippen LogP contribution in [-0.2, 0) is 0 Å². The van der Waals surface area contributed by atoms with Crippen molar-refractivity contribution in [3.63, 3.8) is 0 Å². The van der Waals surface area contributed by atoms with Crippen molar-refractivity contribution in [2.45, 2.75) is 6.92 Å². The van der Waals surface area contributed by atoms with Crippen LogP contribution in [0.15, 0.2) is 42.5 Å². The van der Waals surface area contributed by atoms with Crippen LogP contribution in [0.3, 0.4) is 0 Å². The minimum atomic E-state index is -0.391. The molecule has 0 fully saturated rings. The molecule has 0 bridgehead atoms. The van der Waals surface area contributed by atoms with Crippen LogP contribution < -0.4 is 0 Å². The standard InChI is InChI=1S/C11H11NO2/c1-9(2)7-8-10-5-3-4-6-11(10)12(13)14/h3-8H,1H2,2H3. The van der Waals surface area contributed by atoms with Gasteiger partial charge in [0, 0.05) is 6.07 Å². The van der Waals surface area contributed by atoms with E-state index in [9.17, 15) is 10.1 Å². The van der Waals surface area contributed by atoms with Crippen molar-refractivity contribution in [3.8, 4) is 0 Å². The predicted octanol–water partition coefficient (Wildman–Crippen LogP) is 3.18. The van der Waals surface area contributed by atoms with Gasteiger partial charge in [-0.1, -0.05) is 30.4 Å². The second-order valence-corrected chi connectivity index (χ2v) is 3.00. The lowest BCUT2D eigenvalue weighted by molar-refractivity contribution is -0.385. The first kappa shape index (κ1) is 10.2. The molecule has 0 saturated carbocycles. The predicted molar refractivity (Wildman–Crippen MR) is 56.9 cm³/mol. The summed E-state index contributed by atoms with van der Waals surface area (Å²) in [6, 6.07) is 6.61. The first-order chi connectivity index (χ1) is 6.61. The van der Waals surface area contributed by atoms with E-state index in [0.717, 1.165) is 5.57 Å². The van der Waals surface area contributed by atoms with E-state index in [2.05, 4.69) is 6.58 Å². The van der Waals surface area contributed by atoms with Gasteiger partial charge in [-0.25, -0.2) is 0 Å². The van der Waals surface area contributed by atoms with Crippen LogP contribution in [0, 0.1) is 10.1 Å². The zero-order valence-corrected chi connectivity index (χ0v) is 7.93. The Labute approximate surface area is 82.5 Å². The van der Waals surface area contributed by atoms with Crippen LogP contribution in [0.5, 0.6) is 0 Å². The minimum absolute atomic E-state index is 0.116. The smallest absolute Gasteiger partial charge is 0.258 e. The lowest BCUT2D eigenvalue weighted by atomic mass is 10.1. The van der Waals surface area contributed by atoms with Crippen molar-refractivity contribution in [3.05, 3.63) is 58.2 Å². The lowest BCUT2D eigenvalue weighted by Gasteiger charge is -1.95. The van der Waals surface area contributed by atoms with Crippen molar-refractivity contribution in [2.75, 3.05) is 0 Å². The molecule has 0 aliphatic carbocycles. The Hall–Kier alpha value is -1.90. The molecule has 14 heavy (non-hydrogen) atoms. The SMILES string of the molecule is C=C(C)C=Cc1ccccc1[N+](=O)[O-]. The third-order valence-electron chi connectivity index (χ3n) is 1.68. The summed E-state index contributed by atoms with van der Waals surface area (Å²) >= 11 is 0. The lowest BCUT2D eigenvalue weighted by Crippen LogP contribution is -1.90. The second kappa shape index (κ2) is 4.37. The molecule has 0 aliphatic heterocycles. The highest BCUT2D eigenvalue weighted by Gasteiger charge is 2.08. The average molecular weight is 189 g/mol. The molecule has 0 radical (unpaired) electrons. The molecular weight excluding hydrogens is 178 g/mol. The van der Waals surface area contributed by atoms with Gasteiger partial charge in [0.1, 0.15) is 0 Å². The number of hydrogen-bond donors (Lipinski definition) is 0. The number of allylic oxidation sites excluding steroid dienone is 2. The molecule has 3 nitrogen and oxygen atoms in total. The first-order valence-electron chi connectivity index (χ1n) is 4.18. The van der Waals surface area contributed by atoms with Crippen LogP contribution in [0.25, 0.3) is 6.08 Å². The number of nitro benzene ring substituents is 1. The number of hydrogen-bond acceptors (Lipinski definition) is 2. The number of nitro groups is 1. The summed E-state index contributed by atoms with van der Waals surface area (Å²) in [6.07, 6.45) is 3.45. The van der Waals surface area contributed by atoms with E-state index in [-0.39, 0.29) is 5.69 Å². The van der Waals surface area contributed by atoms with Crippen LogP contribution in [0.1, 0.15) is 12.5 Å². The summed E-state index contributed by atoms with van der Waals surface area (Å²) in [4.78, 5) is 10.2. The van der Waals surface area contributed by atoms with E-state index in [1.165, 1.54) is 6.07 Å². The fraction of sp³-hybridized carbons (Fsp3) is 0.0909. The maximum Gasteiger partial charge on any atom is 0.276 e. The summed E-state index contributed by atoms with van der Waals surface area (Å²) < 4.78 is 0. The normalized spacial score (nSPS) is 10.4. The van der Waals surface area contributed by atoms with Crippen LogP contribution in [0.2, 0.25) is 0 Å². The van der Waals surface area contributed by atoms with Gasteiger partial charge in [0.25, 0.3) is 5.69 Å². The highest BCUT2D eigenvalue weighted by Crippen LogP contribution is 2.19. The molecule has 1 aromatic rings. The fourth-order valence-electron chi connectivity index (χ4n) is 1.03. The topological polar surface area (TPSA) is 43.1 Å². The van der Waals surface area contributed by atoms with Gasteiger partial charge in [0.2, 0.25) is 0 Å². The van der Waals surface area contributed by atoms with Gasteiger partial charge in [0.15, 0.2) is 0 Å². The molecule has 0 atom stereocenters. The molecule has 0 aliphatic rings. The largest absolute Gasteiger partial charge is 0.276 e. The van der Waals surface area contributed by atoms with E-state index >= 15 is 0 Å². The maximum atomic E-state index is 10.6. The molecule has 0 aromatic heterocycles. The van der Waals surface area contributed by atoms with Crippen LogP contribution in [-0.4, -0.2) is 4.92 Å². The first-order valence-corrected chi connectivity index (χ1v) is 4.18. The molecule has 1 aromatic carbocycles. The molecule has 0 heterocycles. The number of rotatable bonds is 3. The molecule has 0 N–H and O–H groups in total. The molecule has 0 spiro atoms. The van der Waals surface area contributed by atoms with Gasteiger partial charge in [-0.2, -0.15) is 0 Å². The van der Waals surface area contributed by atoms with Gasteiger partial charge in [-0.15, -0.1) is 0 Å². The second-order valence-electron chi connectivity index (χ2n) is 3.00. The van der Waals surface area contributed by atoms with Crippen LogP contribution in [0.4, 0.5) is 5.69 Å².